The highest BCUT2D eigenvalue weighted by Crippen LogP contribution is 2.05. The Balaban J connectivity index is 3.96. The van der Waals surface area contributed by atoms with Crippen LogP contribution in [0.15, 0.2) is 48.1 Å². The van der Waals surface area contributed by atoms with E-state index in [0.29, 0.717) is 5.92 Å². The van der Waals surface area contributed by atoms with Gasteiger partial charge in [0.15, 0.2) is 0 Å². The van der Waals surface area contributed by atoms with Crippen molar-refractivity contribution in [3.8, 4) is 0 Å². The van der Waals surface area contributed by atoms with Gasteiger partial charge in [-0.3, -0.25) is 0 Å². The third kappa shape index (κ3) is 11.2. The van der Waals surface area contributed by atoms with Crippen LogP contribution in [0.3, 0.4) is 0 Å². The molecule has 0 aromatic carbocycles. The molecule has 0 bridgehead atoms. The molecule has 0 heterocycles. The monoisotopic (exact) mass is 232 g/mol. The van der Waals surface area contributed by atoms with Gasteiger partial charge in [-0.2, -0.15) is 0 Å². The number of rotatable bonds is 8. The summed E-state index contributed by atoms with van der Waals surface area (Å²) in [6, 6.07) is 0. The molecule has 0 nitrogen and oxygen atoms in total. The molecule has 0 radical (unpaired) electrons. The lowest BCUT2D eigenvalue weighted by atomic mass is 10.1. The summed E-state index contributed by atoms with van der Waals surface area (Å²) in [5.74, 6) is 0.537. The molecule has 96 valence electrons. The van der Waals surface area contributed by atoms with Gasteiger partial charge >= 0.3 is 0 Å². The summed E-state index contributed by atoms with van der Waals surface area (Å²) >= 11 is 0. The summed E-state index contributed by atoms with van der Waals surface area (Å²) in [7, 11) is 0. The van der Waals surface area contributed by atoms with E-state index in [4.69, 9.17) is 0 Å². The van der Waals surface area contributed by atoms with Crippen molar-refractivity contribution < 1.29 is 0 Å². The largest absolute Gasteiger partial charge is 0.0882 e. The normalized spacial score (nSPS) is 15.4. The molecule has 0 spiro atoms. The Morgan fingerprint density at radius 2 is 1.82 bits per heavy atom. The molecule has 0 saturated carbocycles. The maximum absolute atomic E-state index is 2.27. The molecule has 0 heteroatoms. The maximum Gasteiger partial charge on any atom is -0.00788 e. The molecule has 0 rings (SSSR count). The molecular formula is C17H28. The highest BCUT2D eigenvalue weighted by atomic mass is 13.9. The van der Waals surface area contributed by atoms with Crippen LogP contribution in [0, 0.1) is 5.92 Å². The second-order valence-electron chi connectivity index (χ2n) is 4.56. The minimum atomic E-state index is 0.537. The molecular weight excluding hydrogens is 204 g/mol. The average molecular weight is 232 g/mol. The van der Waals surface area contributed by atoms with Gasteiger partial charge in [-0.1, -0.05) is 75.3 Å². The summed E-state index contributed by atoms with van der Waals surface area (Å²) in [4.78, 5) is 0. The molecule has 0 aliphatic rings. The Morgan fingerprint density at radius 3 is 2.47 bits per heavy atom. The minimum absolute atomic E-state index is 0.537. The van der Waals surface area contributed by atoms with Crippen molar-refractivity contribution in [2.75, 3.05) is 0 Å². The summed E-state index contributed by atoms with van der Waals surface area (Å²) in [6.45, 7) is 8.78. The lowest BCUT2D eigenvalue weighted by molar-refractivity contribution is 0.929. The predicted molar refractivity (Wildman–Crippen MR) is 80.2 cm³/mol. The van der Waals surface area contributed by atoms with E-state index in [9.17, 15) is 0 Å². The summed E-state index contributed by atoms with van der Waals surface area (Å²) < 4.78 is 0. The molecule has 0 aromatic heterocycles. The zero-order valence-corrected chi connectivity index (χ0v) is 11.9. The van der Waals surface area contributed by atoms with Gasteiger partial charge in [-0.15, -0.1) is 0 Å². The van der Waals surface area contributed by atoms with E-state index >= 15 is 0 Å². The Labute approximate surface area is 108 Å². The van der Waals surface area contributed by atoms with Crippen LogP contribution in [0.2, 0.25) is 0 Å². The fraction of sp³-hybridized carbons (Fsp3) is 0.529. The smallest absolute Gasteiger partial charge is 0.00788 e. The van der Waals surface area contributed by atoms with Gasteiger partial charge in [0.25, 0.3) is 0 Å². The molecule has 1 unspecified atom stereocenters. The Bertz CT molecular complexity index is 276. The van der Waals surface area contributed by atoms with Crippen molar-refractivity contribution in [1.29, 1.82) is 0 Å². The van der Waals surface area contributed by atoms with Gasteiger partial charge in [0, 0.05) is 0 Å². The van der Waals surface area contributed by atoms with Crippen LogP contribution in [-0.4, -0.2) is 0 Å². The Kier molecular flexibility index (Phi) is 10.7. The summed E-state index contributed by atoms with van der Waals surface area (Å²) in [6.07, 6.45) is 20.3. The van der Waals surface area contributed by atoms with Crippen LogP contribution in [0.5, 0.6) is 0 Å². The zero-order valence-electron chi connectivity index (χ0n) is 11.9. The molecule has 0 saturated heterocycles. The van der Waals surface area contributed by atoms with E-state index < -0.39 is 0 Å². The van der Waals surface area contributed by atoms with Gasteiger partial charge in [0.2, 0.25) is 0 Å². The fourth-order valence-electron chi connectivity index (χ4n) is 1.43. The molecule has 0 aliphatic carbocycles. The third-order valence-corrected chi connectivity index (χ3v) is 2.53. The average Bonchev–Trinajstić information content (AvgIpc) is 2.32. The standard InChI is InChI=1S/C17H28/c1-5-7-9-10-13-17(4)15-11-14-16(3)12-8-6-2/h8-12,14-16H,5-7,13H2,1-4H3. The lowest BCUT2D eigenvalue weighted by Gasteiger charge is -1.96. The molecule has 0 aliphatic heterocycles. The van der Waals surface area contributed by atoms with Crippen LogP contribution in [0.1, 0.15) is 53.4 Å². The lowest BCUT2D eigenvalue weighted by Crippen LogP contribution is -1.81. The van der Waals surface area contributed by atoms with Crippen molar-refractivity contribution in [3.05, 3.63) is 48.1 Å². The van der Waals surface area contributed by atoms with Crippen LogP contribution >= 0.6 is 0 Å². The topological polar surface area (TPSA) is 0 Å². The first-order valence-electron chi connectivity index (χ1n) is 6.86. The molecule has 0 N–H and O–H groups in total. The van der Waals surface area contributed by atoms with Crippen LogP contribution < -0.4 is 0 Å². The quantitative estimate of drug-likeness (QED) is 0.364. The van der Waals surface area contributed by atoms with E-state index in [1.807, 2.05) is 0 Å². The van der Waals surface area contributed by atoms with Gasteiger partial charge in [-0.25, -0.2) is 0 Å². The SMILES string of the molecule is CCC=CC(C)C=CC=C(C)CC=CCCC. The van der Waals surface area contributed by atoms with Crippen LogP contribution in [-0.2, 0) is 0 Å². The Hall–Kier alpha value is -1.04. The van der Waals surface area contributed by atoms with Crippen molar-refractivity contribution in [3.63, 3.8) is 0 Å². The van der Waals surface area contributed by atoms with E-state index in [1.54, 1.807) is 0 Å². The van der Waals surface area contributed by atoms with Gasteiger partial charge in [-0.05, 0) is 32.1 Å². The van der Waals surface area contributed by atoms with E-state index in [0.717, 1.165) is 12.8 Å². The van der Waals surface area contributed by atoms with Gasteiger partial charge in [0.1, 0.15) is 0 Å². The number of hydrogen-bond donors (Lipinski definition) is 0. The fourth-order valence-corrected chi connectivity index (χ4v) is 1.43. The van der Waals surface area contributed by atoms with Gasteiger partial charge < -0.3 is 0 Å². The van der Waals surface area contributed by atoms with E-state index in [1.165, 1.54) is 18.4 Å². The maximum atomic E-state index is 2.27. The van der Waals surface area contributed by atoms with E-state index in [2.05, 4.69) is 70.2 Å². The molecule has 0 aromatic rings. The zero-order chi connectivity index (χ0) is 12.9. The van der Waals surface area contributed by atoms with E-state index in [-0.39, 0.29) is 0 Å². The van der Waals surface area contributed by atoms with Crippen LogP contribution in [0.4, 0.5) is 0 Å². The van der Waals surface area contributed by atoms with Crippen LogP contribution in [0.25, 0.3) is 0 Å². The van der Waals surface area contributed by atoms with Crippen molar-refractivity contribution in [2.45, 2.75) is 53.4 Å². The third-order valence-electron chi connectivity index (χ3n) is 2.53. The summed E-state index contributed by atoms with van der Waals surface area (Å²) in [5, 5.41) is 0. The highest BCUT2D eigenvalue weighted by Gasteiger charge is 1.87. The first-order valence-corrected chi connectivity index (χ1v) is 6.86. The molecule has 1 atom stereocenters. The predicted octanol–water partition coefficient (Wildman–Crippen LogP) is 5.84. The highest BCUT2D eigenvalue weighted by molar-refractivity contribution is 5.15. The minimum Gasteiger partial charge on any atom is -0.0882 e. The van der Waals surface area contributed by atoms with Crippen molar-refractivity contribution >= 4 is 0 Å². The molecule has 0 amide bonds. The summed E-state index contributed by atoms with van der Waals surface area (Å²) in [5.41, 5.74) is 1.42. The number of hydrogen-bond acceptors (Lipinski definition) is 0. The van der Waals surface area contributed by atoms with Gasteiger partial charge in [0.05, 0.1) is 0 Å². The number of allylic oxidation sites excluding steroid dienone is 8. The number of unbranched alkanes of at least 4 members (excludes halogenated alkanes) is 1. The first kappa shape index (κ1) is 16.0. The molecule has 17 heavy (non-hydrogen) atoms. The second kappa shape index (κ2) is 11.4. The second-order valence-corrected chi connectivity index (χ2v) is 4.56. The first-order chi connectivity index (χ1) is 8.20. The van der Waals surface area contributed by atoms with Crippen molar-refractivity contribution in [1.82, 2.24) is 0 Å². The Morgan fingerprint density at radius 1 is 1.06 bits per heavy atom. The molecule has 0 fully saturated rings. The van der Waals surface area contributed by atoms with Crippen molar-refractivity contribution in [2.24, 2.45) is 5.92 Å².